The van der Waals surface area contributed by atoms with Crippen LogP contribution < -0.4 is 4.74 Å². The third-order valence-corrected chi connectivity index (χ3v) is 7.54. The van der Waals surface area contributed by atoms with Crippen LogP contribution >= 0.6 is 0 Å². The van der Waals surface area contributed by atoms with Crippen molar-refractivity contribution in [1.29, 1.82) is 0 Å². The first kappa shape index (κ1) is 26.1. The first-order chi connectivity index (χ1) is 17.5. The Morgan fingerprint density at radius 1 is 1.25 bits per heavy atom. The lowest BCUT2D eigenvalue weighted by Crippen LogP contribution is -2.41. The summed E-state index contributed by atoms with van der Waals surface area (Å²) in [6.45, 7) is 2.89. The third-order valence-electron chi connectivity index (χ3n) is 7.54. The molecular weight excluding hydrogens is 459 g/mol. The van der Waals surface area contributed by atoms with E-state index in [4.69, 9.17) is 9.15 Å². The molecule has 3 heterocycles. The molecule has 0 radical (unpaired) electrons. The van der Waals surface area contributed by atoms with E-state index in [1.165, 1.54) is 0 Å². The maximum atomic E-state index is 15.5. The summed E-state index contributed by atoms with van der Waals surface area (Å²) in [5.74, 6) is 1.57. The Morgan fingerprint density at radius 2 is 2.14 bits per heavy atom. The largest absolute Gasteiger partial charge is 0.497 e. The van der Waals surface area contributed by atoms with Gasteiger partial charge in [-0.15, -0.1) is 0 Å². The number of benzene rings is 1. The number of ether oxygens (including phenoxy) is 1. The lowest BCUT2D eigenvalue weighted by Gasteiger charge is -2.39. The summed E-state index contributed by atoms with van der Waals surface area (Å²) in [6, 6.07) is 11.2. The summed E-state index contributed by atoms with van der Waals surface area (Å²) in [7, 11) is 1.60. The second kappa shape index (κ2) is 12.9. The van der Waals surface area contributed by atoms with E-state index in [-0.39, 0.29) is 12.3 Å². The van der Waals surface area contributed by atoms with E-state index in [1.54, 1.807) is 25.6 Å². The number of likely N-dealkylation sites (tertiary alicyclic amines) is 1. The summed E-state index contributed by atoms with van der Waals surface area (Å²) in [4.78, 5) is 18.1. The van der Waals surface area contributed by atoms with E-state index >= 15 is 4.39 Å². The first-order valence-corrected chi connectivity index (χ1v) is 13.1. The van der Waals surface area contributed by atoms with E-state index < -0.39 is 12.1 Å². The van der Waals surface area contributed by atoms with E-state index in [2.05, 4.69) is 9.88 Å². The molecule has 194 valence electrons. The Balaban J connectivity index is 1.33. The number of alkyl halides is 1. The number of rotatable bonds is 13. The van der Waals surface area contributed by atoms with Crippen molar-refractivity contribution in [2.24, 2.45) is 11.8 Å². The predicted octanol–water partition coefficient (Wildman–Crippen LogP) is 6.45. The fraction of sp³-hybridized carbons (Fsp3) is 0.517. The second-order valence-electron chi connectivity index (χ2n) is 9.91. The number of carboxylic acids is 1. The lowest BCUT2D eigenvalue weighted by atomic mass is 9.79. The zero-order valence-electron chi connectivity index (χ0n) is 21.1. The highest BCUT2D eigenvalue weighted by Crippen LogP contribution is 2.36. The first-order valence-electron chi connectivity index (χ1n) is 13.1. The molecule has 36 heavy (non-hydrogen) atoms. The molecule has 1 N–H and O–H groups in total. The summed E-state index contributed by atoms with van der Waals surface area (Å²) in [5.41, 5.74) is 1.41. The van der Waals surface area contributed by atoms with E-state index in [0.717, 1.165) is 68.4 Å². The molecule has 4 rings (SSSR count). The number of piperidine rings is 1. The predicted molar refractivity (Wildman–Crippen MR) is 138 cm³/mol. The number of fused-ring (bicyclic) bond motifs is 1. The monoisotopic (exact) mass is 496 g/mol. The van der Waals surface area contributed by atoms with Crippen molar-refractivity contribution in [3.05, 3.63) is 60.2 Å². The average Bonchev–Trinajstić information content (AvgIpc) is 3.42. The Labute approximate surface area is 212 Å². The van der Waals surface area contributed by atoms with Gasteiger partial charge in [0.05, 0.1) is 18.9 Å². The van der Waals surface area contributed by atoms with E-state index in [1.807, 2.05) is 30.3 Å². The van der Waals surface area contributed by atoms with Gasteiger partial charge in [-0.3, -0.25) is 9.78 Å². The molecule has 0 spiro atoms. The van der Waals surface area contributed by atoms with Gasteiger partial charge in [0.1, 0.15) is 17.7 Å². The third kappa shape index (κ3) is 7.06. The minimum atomic E-state index is -1.10. The number of nitrogens with zero attached hydrogens (tertiary/aromatic N) is 2. The van der Waals surface area contributed by atoms with E-state index in [9.17, 15) is 9.90 Å². The lowest BCUT2D eigenvalue weighted by molar-refractivity contribution is -0.137. The normalized spacial score (nSPS) is 19.4. The summed E-state index contributed by atoms with van der Waals surface area (Å²) < 4.78 is 26.3. The van der Waals surface area contributed by atoms with Crippen molar-refractivity contribution in [2.45, 2.75) is 57.5 Å². The van der Waals surface area contributed by atoms with Crippen LogP contribution in [0.15, 0.2) is 53.3 Å². The molecule has 3 aromatic rings. The van der Waals surface area contributed by atoms with Crippen LogP contribution in [0.1, 0.15) is 62.4 Å². The van der Waals surface area contributed by atoms with E-state index in [0.29, 0.717) is 30.1 Å². The quantitative estimate of drug-likeness (QED) is 0.274. The zero-order chi connectivity index (χ0) is 25.3. The van der Waals surface area contributed by atoms with Crippen molar-refractivity contribution < 1.29 is 23.4 Å². The van der Waals surface area contributed by atoms with Gasteiger partial charge in [-0.2, -0.15) is 0 Å². The number of carbonyl (C=O) groups is 1. The van der Waals surface area contributed by atoms with Crippen molar-refractivity contribution in [3.63, 3.8) is 0 Å². The molecule has 0 aliphatic carbocycles. The van der Waals surface area contributed by atoms with Crippen LogP contribution in [0.5, 0.6) is 5.75 Å². The minimum absolute atomic E-state index is 0.168. The van der Waals surface area contributed by atoms with Crippen LogP contribution in [0.3, 0.4) is 0 Å². The maximum absolute atomic E-state index is 15.5. The molecule has 0 saturated carbocycles. The Kier molecular flexibility index (Phi) is 9.34. The van der Waals surface area contributed by atoms with Crippen molar-refractivity contribution in [2.75, 3.05) is 26.7 Å². The fourth-order valence-corrected chi connectivity index (χ4v) is 5.53. The van der Waals surface area contributed by atoms with Crippen molar-refractivity contribution >= 4 is 16.9 Å². The molecule has 6 nitrogen and oxygen atoms in total. The molecule has 1 fully saturated rings. The number of pyridine rings is 1. The number of carboxylic acid groups (broad SMARTS) is 1. The van der Waals surface area contributed by atoms with Crippen molar-refractivity contribution in [1.82, 2.24) is 9.88 Å². The number of hydrogen-bond donors (Lipinski definition) is 1. The minimum Gasteiger partial charge on any atom is -0.497 e. The Morgan fingerprint density at radius 3 is 2.92 bits per heavy atom. The van der Waals surface area contributed by atoms with Gasteiger partial charge in [0.25, 0.3) is 0 Å². The number of furan rings is 1. The van der Waals surface area contributed by atoms with Gasteiger partial charge in [0.15, 0.2) is 0 Å². The van der Waals surface area contributed by atoms with Gasteiger partial charge in [0.2, 0.25) is 0 Å². The van der Waals surface area contributed by atoms with Gasteiger partial charge in [-0.25, -0.2) is 4.39 Å². The fourth-order valence-electron chi connectivity index (χ4n) is 5.53. The number of aryl methyl sites for hydroxylation is 1. The molecule has 7 heteroatoms. The molecule has 0 unspecified atom stereocenters. The van der Waals surface area contributed by atoms with Gasteiger partial charge >= 0.3 is 5.97 Å². The number of hydrogen-bond acceptors (Lipinski definition) is 5. The summed E-state index contributed by atoms with van der Waals surface area (Å²) >= 11 is 0. The molecule has 1 aliphatic rings. The molecule has 1 saturated heterocycles. The topological polar surface area (TPSA) is 75.8 Å². The smallest absolute Gasteiger partial charge is 0.303 e. The number of aromatic nitrogens is 1. The SMILES string of the molecule is COc1ccc2nccc([C@H](F)CC[C@@H]3CCN(CCCCc4ccco4)C[C@H]3CCC(=O)O)c2c1. The van der Waals surface area contributed by atoms with Gasteiger partial charge in [-0.1, -0.05) is 0 Å². The van der Waals surface area contributed by atoms with Gasteiger partial charge in [0, 0.05) is 31.0 Å². The second-order valence-corrected chi connectivity index (χ2v) is 9.91. The van der Waals surface area contributed by atoms with Crippen LogP contribution in [0, 0.1) is 11.8 Å². The van der Waals surface area contributed by atoms with Crippen LogP contribution in [-0.2, 0) is 11.2 Å². The van der Waals surface area contributed by atoms with Gasteiger partial charge in [-0.05, 0) is 105 Å². The molecule has 1 aromatic carbocycles. The average molecular weight is 497 g/mol. The molecule has 1 aliphatic heterocycles. The van der Waals surface area contributed by atoms with Crippen LogP contribution in [0.25, 0.3) is 10.9 Å². The summed E-state index contributed by atoms with van der Waals surface area (Å²) in [6.07, 6.45) is 8.36. The highest BCUT2D eigenvalue weighted by molar-refractivity contribution is 5.83. The standard InChI is InChI=1S/C29H37FN2O4/c1-35-24-9-11-28-26(19-24)25(13-15-31-28)27(30)10-7-21-14-17-32(20-22(21)8-12-29(33)34)16-3-2-5-23-6-4-18-36-23/h4,6,9,11,13,15,18-19,21-22,27H,2-3,5,7-8,10,12,14,16-17,20H2,1H3,(H,33,34)/t21-,22-,27-/m1/s1. The highest BCUT2D eigenvalue weighted by atomic mass is 19.1. The molecule has 0 amide bonds. The molecule has 2 aromatic heterocycles. The highest BCUT2D eigenvalue weighted by Gasteiger charge is 2.30. The van der Waals surface area contributed by atoms with Crippen LogP contribution in [0.2, 0.25) is 0 Å². The van der Waals surface area contributed by atoms with Crippen LogP contribution in [0.4, 0.5) is 4.39 Å². The zero-order valence-corrected chi connectivity index (χ0v) is 21.1. The van der Waals surface area contributed by atoms with Crippen LogP contribution in [-0.4, -0.2) is 47.7 Å². The molecule has 3 atom stereocenters. The number of halogens is 1. The Hall–Kier alpha value is -2.93. The molecular formula is C29H37FN2O4. The van der Waals surface area contributed by atoms with Crippen molar-refractivity contribution in [3.8, 4) is 5.75 Å². The Bertz CT molecular complexity index is 1100. The van der Waals surface area contributed by atoms with Gasteiger partial charge < -0.3 is 19.2 Å². The number of methoxy groups -OCH3 is 1. The molecule has 0 bridgehead atoms. The maximum Gasteiger partial charge on any atom is 0.303 e. The number of aliphatic carboxylic acids is 1. The summed E-state index contributed by atoms with van der Waals surface area (Å²) in [5, 5.41) is 10.1. The number of unbranched alkanes of at least 4 members (excludes halogenated alkanes) is 1.